The lowest BCUT2D eigenvalue weighted by molar-refractivity contribution is -0.264. The number of carbonyl (C=O) groups excluding carboxylic acids is 2. The molecule has 0 spiro atoms. The molecule has 2 rings (SSSR count). The maximum Gasteiger partial charge on any atom is 0.416 e. The summed E-state index contributed by atoms with van der Waals surface area (Å²) in [5.41, 5.74) is 3.42. The number of pyridine rings is 1. The van der Waals surface area contributed by atoms with Crippen molar-refractivity contribution in [2.75, 3.05) is 18.5 Å². The molecule has 8 nitrogen and oxygen atoms in total. The number of hydrogen-bond acceptors (Lipinski definition) is 5. The lowest BCUT2D eigenvalue weighted by atomic mass is 10.1. The van der Waals surface area contributed by atoms with Crippen molar-refractivity contribution in [3.05, 3.63) is 23.9 Å². The summed E-state index contributed by atoms with van der Waals surface area (Å²) in [4.78, 5) is 28.6. The number of ether oxygens (including phenoxy) is 1. The third-order valence-corrected chi connectivity index (χ3v) is 4.48. The van der Waals surface area contributed by atoms with Crippen molar-refractivity contribution in [1.82, 2.24) is 15.2 Å². The van der Waals surface area contributed by atoms with Crippen molar-refractivity contribution >= 4 is 17.8 Å². The van der Waals surface area contributed by atoms with E-state index in [9.17, 15) is 35.9 Å². The number of anilines is 1. The average molecular weight is 457 g/mol. The van der Waals surface area contributed by atoms with Crippen LogP contribution in [0.15, 0.2) is 18.3 Å². The molecule has 3 amide bonds. The highest BCUT2D eigenvalue weighted by Crippen LogP contribution is 2.32. The second-order valence-electron chi connectivity index (χ2n) is 7.39. The number of carbonyl (C=O) groups is 2. The van der Waals surface area contributed by atoms with E-state index < -0.39 is 55.1 Å². The van der Waals surface area contributed by atoms with E-state index in [1.165, 1.54) is 18.3 Å². The van der Waals surface area contributed by atoms with Gasteiger partial charge < -0.3 is 26.0 Å². The van der Waals surface area contributed by atoms with Crippen LogP contribution in [0.5, 0.6) is 0 Å². The summed E-state index contributed by atoms with van der Waals surface area (Å²) < 4.78 is 81.3. The largest absolute Gasteiger partial charge is 0.416 e. The molecule has 1 fully saturated rings. The van der Waals surface area contributed by atoms with Gasteiger partial charge in [0.05, 0.1) is 13.2 Å². The highest BCUT2D eigenvalue weighted by Gasteiger charge is 2.49. The molecule has 0 unspecified atom stereocenters. The van der Waals surface area contributed by atoms with Gasteiger partial charge in [-0.05, 0) is 31.5 Å². The molecular formula is C17H21F6N5O3. The molecule has 1 aliphatic heterocycles. The smallest absolute Gasteiger partial charge is 0.364 e. The molecule has 2 heterocycles. The van der Waals surface area contributed by atoms with E-state index in [0.29, 0.717) is 5.56 Å². The number of amides is 3. The number of nitrogens with two attached hydrogens (primary N) is 1. The Labute approximate surface area is 173 Å². The number of nitrogens with one attached hydrogen (secondary N) is 2. The van der Waals surface area contributed by atoms with Crippen LogP contribution in [0, 0.1) is 0 Å². The summed E-state index contributed by atoms with van der Waals surface area (Å²) in [5.74, 6) is -0.918. The Kier molecular flexibility index (Phi) is 7.05. The first-order valence-electron chi connectivity index (χ1n) is 8.94. The molecular weight excluding hydrogens is 436 g/mol. The lowest BCUT2D eigenvalue weighted by Crippen LogP contribution is -2.47. The Hall–Kier alpha value is -2.61. The highest BCUT2D eigenvalue weighted by molar-refractivity contribution is 5.94. The first kappa shape index (κ1) is 24.7. The van der Waals surface area contributed by atoms with Gasteiger partial charge in [0.2, 0.25) is 5.91 Å². The Balaban J connectivity index is 1.95. The van der Waals surface area contributed by atoms with Crippen LogP contribution in [0.4, 0.5) is 37.0 Å². The maximum absolute atomic E-state index is 12.8. The molecule has 0 aromatic carbocycles. The normalized spacial score (nSPS) is 18.7. The Morgan fingerprint density at radius 2 is 2.00 bits per heavy atom. The fraction of sp³-hybridized carbons (Fsp3) is 0.588. The number of halogens is 6. The molecule has 1 aliphatic rings. The van der Waals surface area contributed by atoms with Crippen LogP contribution < -0.4 is 16.4 Å². The summed E-state index contributed by atoms with van der Waals surface area (Å²) in [6.45, 7) is 0.105. The second kappa shape index (κ2) is 8.86. The zero-order valence-electron chi connectivity index (χ0n) is 16.5. The van der Waals surface area contributed by atoms with Crippen LogP contribution in [0.2, 0.25) is 0 Å². The zero-order chi connectivity index (χ0) is 23.6. The first-order chi connectivity index (χ1) is 14.1. The summed E-state index contributed by atoms with van der Waals surface area (Å²) in [6, 6.07) is -1.59. The SMILES string of the molecule is CC(C)(OC[C@H](N)C(=O)Nc1cc(CN2C[C@@H](C(F)(F)F)NC2=O)ccn1)C(F)(F)F. The molecule has 0 bridgehead atoms. The fourth-order valence-corrected chi connectivity index (χ4v) is 2.45. The Bertz CT molecular complexity index is 814. The quantitative estimate of drug-likeness (QED) is 0.544. The first-order valence-corrected chi connectivity index (χ1v) is 8.94. The van der Waals surface area contributed by atoms with E-state index in [4.69, 9.17) is 10.5 Å². The number of alkyl halides is 6. The van der Waals surface area contributed by atoms with E-state index in [-0.39, 0.29) is 12.4 Å². The van der Waals surface area contributed by atoms with Crippen molar-refractivity contribution in [1.29, 1.82) is 0 Å². The fourth-order valence-electron chi connectivity index (χ4n) is 2.45. The molecule has 14 heteroatoms. The van der Waals surface area contributed by atoms with Crippen molar-refractivity contribution in [2.24, 2.45) is 5.73 Å². The monoisotopic (exact) mass is 457 g/mol. The van der Waals surface area contributed by atoms with Gasteiger partial charge in [-0.25, -0.2) is 9.78 Å². The van der Waals surface area contributed by atoms with Crippen LogP contribution in [-0.4, -0.2) is 65.0 Å². The summed E-state index contributed by atoms with van der Waals surface area (Å²) >= 11 is 0. The molecule has 31 heavy (non-hydrogen) atoms. The number of aromatic nitrogens is 1. The van der Waals surface area contributed by atoms with Gasteiger partial charge in [0, 0.05) is 12.7 Å². The molecule has 174 valence electrons. The summed E-state index contributed by atoms with van der Waals surface area (Å²) in [6.07, 6.45) is -8.00. The Morgan fingerprint density at radius 3 is 2.55 bits per heavy atom. The van der Waals surface area contributed by atoms with Gasteiger partial charge in [-0.1, -0.05) is 0 Å². The van der Waals surface area contributed by atoms with E-state index in [0.717, 1.165) is 18.7 Å². The highest BCUT2D eigenvalue weighted by atomic mass is 19.4. The molecule has 4 N–H and O–H groups in total. The summed E-state index contributed by atoms with van der Waals surface area (Å²) in [7, 11) is 0. The molecule has 0 radical (unpaired) electrons. The van der Waals surface area contributed by atoms with Gasteiger partial charge in [0.1, 0.15) is 17.9 Å². The van der Waals surface area contributed by atoms with Crippen LogP contribution in [0.1, 0.15) is 19.4 Å². The van der Waals surface area contributed by atoms with Crippen LogP contribution in [0.3, 0.4) is 0 Å². The van der Waals surface area contributed by atoms with E-state index in [1.807, 2.05) is 5.32 Å². The van der Waals surface area contributed by atoms with Crippen LogP contribution >= 0.6 is 0 Å². The van der Waals surface area contributed by atoms with Crippen molar-refractivity contribution in [3.63, 3.8) is 0 Å². The van der Waals surface area contributed by atoms with Crippen LogP contribution in [-0.2, 0) is 16.1 Å². The minimum atomic E-state index is -4.66. The second-order valence-corrected chi connectivity index (χ2v) is 7.39. The molecule has 2 atom stereocenters. The van der Waals surface area contributed by atoms with E-state index in [2.05, 4.69) is 10.3 Å². The van der Waals surface area contributed by atoms with Crippen molar-refractivity contribution in [2.45, 2.75) is 50.4 Å². The minimum absolute atomic E-state index is 0.0417. The number of hydrogen-bond donors (Lipinski definition) is 3. The molecule has 1 saturated heterocycles. The third-order valence-electron chi connectivity index (χ3n) is 4.48. The summed E-state index contributed by atoms with van der Waals surface area (Å²) in [5, 5.41) is 4.12. The molecule has 1 aromatic heterocycles. The molecule has 1 aromatic rings. The number of nitrogens with zero attached hydrogens (tertiary/aromatic N) is 2. The van der Waals surface area contributed by atoms with Gasteiger partial charge in [0.15, 0.2) is 5.60 Å². The van der Waals surface area contributed by atoms with Crippen molar-refractivity contribution in [3.8, 4) is 0 Å². The molecule has 0 aliphatic carbocycles. The standard InChI is InChI=1S/C17H21F6N5O3/c1-15(2,17(21,22)23)31-8-10(24)13(29)27-12-5-9(3-4-25-12)6-28-7-11(16(18,19)20)26-14(28)30/h3-5,10-11H,6-8,24H2,1-2H3,(H,26,30)(H,25,27,29)/t10-,11-/m0/s1. The predicted molar refractivity (Wildman–Crippen MR) is 95.7 cm³/mol. The predicted octanol–water partition coefficient (Wildman–Crippen LogP) is 2.16. The third kappa shape index (κ3) is 6.43. The van der Waals surface area contributed by atoms with Gasteiger partial charge in [-0.3, -0.25) is 4.79 Å². The lowest BCUT2D eigenvalue weighted by Gasteiger charge is -2.29. The Morgan fingerprint density at radius 1 is 1.35 bits per heavy atom. The average Bonchev–Trinajstić information content (AvgIpc) is 3.00. The van der Waals surface area contributed by atoms with Gasteiger partial charge in [0.25, 0.3) is 0 Å². The van der Waals surface area contributed by atoms with Gasteiger partial charge >= 0.3 is 18.4 Å². The minimum Gasteiger partial charge on any atom is -0.364 e. The van der Waals surface area contributed by atoms with E-state index in [1.54, 1.807) is 0 Å². The van der Waals surface area contributed by atoms with Crippen molar-refractivity contribution < 1.29 is 40.7 Å². The van der Waals surface area contributed by atoms with Gasteiger partial charge in [-0.15, -0.1) is 0 Å². The zero-order valence-corrected chi connectivity index (χ0v) is 16.5. The molecule has 0 saturated carbocycles. The van der Waals surface area contributed by atoms with Crippen LogP contribution in [0.25, 0.3) is 0 Å². The van der Waals surface area contributed by atoms with E-state index >= 15 is 0 Å². The number of urea groups is 1. The van der Waals surface area contributed by atoms with Gasteiger partial charge in [-0.2, -0.15) is 26.3 Å². The maximum atomic E-state index is 12.8. The topological polar surface area (TPSA) is 110 Å². The number of rotatable bonds is 7.